The number of hydrogen-bond acceptors (Lipinski definition) is 3. The van der Waals surface area contributed by atoms with E-state index in [0.29, 0.717) is 6.61 Å². The van der Waals surface area contributed by atoms with Gasteiger partial charge in [-0.1, -0.05) is 39.0 Å². The molecule has 0 atom stereocenters. The van der Waals surface area contributed by atoms with Gasteiger partial charge in [-0.05, 0) is 6.42 Å². The van der Waals surface area contributed by atoms with Crippen LogP contribution in [0.15, 0.2) is 0 Å². The van der Waals surface area contributed by atoms with E-state index in [1.165, 1.54) is 32.0 Å². The van der Waals surface area contributed by atoms with Gasteiger partial charge in [-0.3, -0.25) is 4.79 Å². The van der Waals surface area contributed by atoms with Crippen LogP contribution in [0.25, 0.3) is 0 Å². The molecule has 0 aliphatic rings. The van der Waals surface area contributed by atoms with Gasteiger partial charge in [-0.2, -0.15) is 0 Å². The van der Waals surface area contributed by atoms with E-state index in [1.807, 2.05) is 0 Å². The number of rotatable bonds is 8. The van der Waals surface area contributed by atoms with E-state index < -0.39 is 5.97 Å². The number of esters is 1. The lowest BCUT2D eigenvalue weighted by Gasteiger charge is -2.00. The molecule has 75 valence electrons. The fourth-order valence-corrected chi connectivity index (χ4v) is 1.08. The highest BCUT2D eigenvalue weighted by molar-refractivity contribution is 6.20. The first-order valence-electron chi connectivity index (χ1n) is 4.86. The predicted molar refractivity (Wildman–Crippen MR) is 50.0 cm³/mol. The van der Waals surface area contributed by atoms with E-state index in [2.05, 4.69) is 11.7 Å². The van der Waals surface area contributed by atoms with Gasteiger partial charge < -0.3 is 4.74 Å². The molecule has 0 amide bonds. The molecule has 0 bridgehead atoms. The maximum Gasteiger partial charge on any atom is 0.383 e. The normalized spacial score (nSPS) is 9.62. The van der Waals surface area contributed by atoms with E-state index in [4.69, 9.17) is 0 Å². The lowest BCUT2D eigenvalue weighted by molar-refractivity contribution is -0.135. The van der Waals surface area contributed by atoms with Gasteiger partial charge >= 0.3 is 12.3 Å². The Morgan fingerprint density at radius 2 is 1.77 bits per heavy atom. The van der Waals surface area contributed by atoms with E-state index in [1.54, 1.807) is 0 Å². The van der Waals surface area contributed by atoms with E-state index >= 15 is 0 Å². The molecular formula is C10H17O3. The van der Waals surface area contributed by atoms with Gasteiger partial charge in [0.2, 0.25) is 0 Å². The Kier molecular flexibility index (Phi) is 8.62. The van der Waals surface area contributed by atoms with Crippen molar-refractivity contribution in [3.63, 3.8) is 0 Å². The molecule has 13 heavy (non-hydrogen) atoms. The highest BCUT2D eigenvalue weighted by Gasteiger charge is 1.98. The molecule has 0 spiro atoms. The third-order valence-electron chi connectivity index (χ3n) is 1.81. The highest BCUT2D eigenvalue weighted by Crippen LogP contribution is 2.04. The van der Waals surface area contributed by atoms with Crippen molar-refractivity contribution in [2.24, 2.45) is 0 Å². The molecule has 0 saturated heterocycles. The Balaban J connectivity index is 2.99. The van der Waals surface area contributed by atoms with Gasteiger partial charge in [0.05, 0.1) is 6.61 Å². The molecule has 0 aliphatic carbocycles. The van der Waals surface area contributed by atoms with Crippen molar-refractivity contribution in [3.05, 3.63) is 0 Å². The summed E-state index contributed by atoms with van der Waals surface area (Å²) in [6.07, 6.45) is 7.99. The van der Waals surface area contributed by atoms with E-state index in [9.17, 15) is 9.59 Å². The average molecular weight is 185 g/mol. The summed E-state index contributed by atoms with van der Waals surface area (Å²) in [5.41, 5.74) is 0. The van der Waals surface area contributed by atoms with Crippen LogP contribution in [0.1, 0.15) is 45.4 Å². The monoisotopic (exact) mass is 185 g/mol. The van der Waals surface area contributed by atoms with Gasteiger partial charge in [-0.25, -0.2) is 4.79 Å². The summed E-state index contributed by atoms with van der Waals surface area (Å²) in [5.74, 6) is -0.881. The fraction of sp³-hybridized carbons (Fsp3) is 0.800. The SMILES string of the molecule is CCCCCCCCOC(=O)[C]=O. The maximum atomic E-state index is 10.3. The van der Waals surface area contributed by atoms with Gasteiger partial charge in [0.25, 0.3) is 0 Å². The van der Waals surface area contributed by atoms with Gasteiger partial charge in [0, 0.05) is 0 Å². The van der Waals surface area contributed by atoms with Gasteiger partial charge in [0.1, 0.15) is 0 Å². The van der Waals surface area contributed by atoms with Crippen LogP contribution in [0.5, 0.6) is 0 Å². The summed E-state index contributed by atoms with van der Waals surface area (Å²) < 4.78 is 4.54. The zero-order valence-electron chi connectivity index (χ0n) is 8.17. The third kappa shape index (κ3) is 9.05. The van der Waals surface area contributed by atoms with Crippen LogP contribution < -0.4 is 0 Å². The molecular weight excluding hydrogens is 168 g/mol. The predicted octanol–water partition coefficient (Wildman–Crippen LogP) is 2.00. The molecule has 0 heterocycles. The first-order chi connectivity index (χ1) is 6.31. The maximum absolute atomic E-state index is 10.3. The molecule has 3 nitrogen and oxygen atoms in total. The molecule has 0 N–H and O–H groups in total. The summed E-state index contributed by atoms with van der Waals surface area (Å²) in [6, 6.07) is 0. The van der Waals surface area contributed by atoms with Crippen LogP contribution in [0.2, 0.25) is 0 Å². The number of hydrogen-bond donors (Lipinski definition) is 0. The number of ether oxygens (including phenoxy) is 1. The minimum atomic E-state index is -0.881. The standard InChI is InChI=1S/C10H17O3/c1-2-3-4-5-6-7-8-13-10(12)9-11/h2-8H2,1H3. The molecule has 0 unspecified atom stereocenters. The lowest BCUT2D eigenvalue weighted by atomic mass is 10.1. The summed E-state index contributed by atoms with van der Waals surface area (Å²) >= 11 is 0. The Bertz CT molecular complexity index is 143. The molecule has 0 aliphatic heterocycles. The van der Waals surface area contributed by atoms with E-state index in [-0.39, 0.29) is 0 Å². The van der Waals surface area contributed by atoms with Gasteiger partial charge in [-0.15, -0.1) is 0 Å². The van der Waals surface area contributed by atoms with Crippen molar-refractivity contribution < 1.29 is 14.3 Å². The average Bonchev–Trinajstić information content (AvgIpc) is 2.16. The summed E-state index contributed by atoms with van der Waals surface area (Å²) in [7, 11) is 0. The molecule has 0 aromatic heterocycles. The van der Waals surface area contributed by atoms with Crippen LogP contribution in [0, 0.1) is 0 Å². The van der Waals surface area contributed by atoms with Crippen LogP contribution in [0.3, 0.4) is 0 Å². The summed E-state index contributed by atoms with van der Waals surface area (Å²) in [5, 5.41) is 0. The second-order valence-electron chi connectivity index (χ2n) is 3.01. The Hall–Kier alpha value is -0.860. The smallest absolute Gasteiger partial charge is 0.383 e. The van der Waals surface area contributed by atoms with Crippen molar-refractivity contribution in [1.82, 2.24) is 0 Å². The second-order valence-corrected chi connectivity index (χ2v) is 3.01. The topological polar surface area (TPSA) is 43.4 Å². The molecule has 0 aromatic rings. The van der Waals surface area contributed by atoms with Crippen LogP contribution in [-0.2, 0) is 14.3 Å². The molecule has 3 heteroatoms. The van der Waals surface area contributed by atoms with Crippen LogP contribution in [-0.4, -0.2) is 18.9 Å². The van der Waals surface area contributed by atoms with Crippen molar-refractivity contribution in [2.75, 3.05) is 6.61 Å². The largest absolute Gasteiger partial charge is 0.460 e. The Morgan fingerprint density at radius 1 is 1.15 bits per heavy atom. The highest BCUT2D eigenvalue weighted by atomic mass is 16.5. The van der Waals surface area contributed by atoms with Crippen molar-refractivity contribution >= 4 is 12.3 Å². The number of carbonyl (C=O) groups is 1. The molecule has 0 aromatic carbocycles. The van der Waals surface area contributed by atoms with Gasteiger partial charge in [0.15, 0.2) is 0 Å². The summed E-state index contributed by atoms with van der Waals surface area (Å²) in [6.45, 7) is 2.52. The fourth-order valence-electron chi connectivity index (χ4n) is 1.08. The quantitative estimate of drug-likeness (QED) is 0.330. The minimum Gasteiger partial charge on any atom is -0.460 e. The van der Waals surface area contributed by atoms with Crippen molar-refractivity contribution in [1.29, 1.82) is 0 Å². The number of unbranched alkanes of at least 4 members (excludes halogenated alkanes) is 5. The second kappa shape index (κ2) is 9.23. The third-order valence-corrected chi connectivity index (χ3v) is 1.81. The summed E-state index contributed by atoms with van der Waals surface area (Å²) in [4.78, 5) is 20.0. The molecule has 0 fully saturated rings. The van der Waals surface area contributed by atoms with Crippen LogP contribution >= 0.6 is 0 Å². The molecule has 0 saturated carbocycles. The first kappa shape index (κ1) is 12.1. The molecule has 0 rings (SSSR count). The Morgan fingerprint density at radius 3 is 2.38 bits per heavy atom. The Labute approximate surface area is 79.5 Å². The minimum absolute atomic E-state index is 0.347. The van der Waals surface area contributed by atoms with E-state index in [0.717, 1.165) is 12.8 Å². The van der Waals surface area contributed by atoms with Crippen molar-refractivity contribution in [2.45, 2.75) is 45.4 Å². The number of carbonyl (C=O) groups excluding carboxylic acids is 2. The zero-order chi connectivity index (χ0) is 9.94. The zero-order valence-corrected chi connectivity index (χ0v) is 8.17. The lowest BCUT2D eigenvalue weighted by Crippen LogP contribution is -2.06. The van der Waals surface area contributed by atoms with Crippen LogP contribution in [0.4, 0.5) is 0 Å². The first-order valence-corrected chi connectivity index (χ1v) is 4.86. The van der Waals surface area contributed by atoms with Crippen molar-refractivity contribution in [3.8, 4) is 0 Å². The molecule has 1 radical (unpaired) electrons.